The molecule has 0 bridgehead atoms. The number of benzene rings is 1. The van der Waals surface area contributed by atoms with Gasteiger partial charge in [-0.25, -0.2) is 4.21 Å². The van der Waals surface area contributed by atoms with Crippen LogP contribution in [0.25, 0.3) is 0 Å². The number of likely N-dealkylation sites (N-methyl/N-ethyl adjacent to an activating group) is 1. The summed E-state index contributed by atoms with van der Waals surface area (Å²) in [6, 6.07) is 6.82. The van der Waals surface area contributed by atoms with E-state index in [-0.39, 0.29) is 0 Å². The lowest BCUT2D eigenvalue weighted by Crippen LogP contribution is -2.43. The Kier molecular flexibility index (Phi) is 4.90. The summed E-state index contributed by atoms with van der Waals surface area (Å²) < 4.78 is 31.3. The maximum absolute atomic E-state index is 11.0. The topological polar surface area (TPSA) is 59.0 Å². The molecule has 1 aliphatic heterocycles. The molecule has 98 valence electrons. The first kappa shape index (κ1) is 13.7. The van der Waals surface area contributed by atoms with Crippen LogP contribution in [0.5, 0.6) is 0 Å². The first-order valence-corrected chi connectivity index (χ1v) is 6.90. The van der Waals surface area contributed by atoms with Crippen molar-refractivity contribution >= 4 is 23.7 Å². The molecule has 1 N–H and O–H groups in total. The minimum Gasteiger partial charge on any atom is -0.406 e. The van der Waals surface area contributed by atoms with Crippen molar-refractivity contribution in [3.8, 4) is 0 Å². The van der Waals surface area contributed by atoms with Gasteiger partial charge in [0.25, 0.3) is 0 Å². The van der Waals surface area contributed by atoms with Crippen LogP contribution in [0.2, 0.25) is 0 Å². The van der Waals surface area contributed by atoms with Gasteiger partial charge in [0.05, 0.1) is 4.90 Å². The van der Waals surface area contributed by atoms with Crippen LogP contribution in [-0.2, 0) is 20.4 Å². The van der Waals surface area contributed by atoms with Crippen LogP contribution < -0.4 is 5.46 Å². The summed E-state index contributed by atoms with van der Waals surface area (Å²) in [6.45, 7) is 2.86. The summed E-state index contributed by atoms with van der Waals surface area (Å²) in [6.07, 6.45) is 0. The van der Waals surface area contributed by atoms with Crippen molar-refractivity contribution in [3.63, 3.8) is 0 Å². The zero-order chi connectivity index (χ0) is 13.0. The molecular formula is C11H16BNO4S. The van der Waals surface area contributed by atoms with Crippen molar-refractivity contribution in [3.05, 3.63) is 24.3 Å². The van der Waals surface area contributed by atoms with E-state index in [0.29, 0.717) is 18.1 Å². The van der Waals surface area contributed by atoms with Crippen LogP contribution in [0.4, 0.5) is 0 Å². The predicted octanol–water partition coefficient (Wildman–Crippen LogP) is -0.0590. The SMILES string of the molecule is CN1CCOB(c2cccc(S(=O)O)c2)OCC1. The second kappa shape index (κ2) is 6.44. The van der Waals surface area contributed by atoms with Crippen molar-refractivity contribution in [1.29, 1.82) is 0 Å². The number of nitrogens with zero attached hydrogens (tertiary/aromatic N) is 1. The molecule has 1 heterocycles. The van der Waals surface area contributed by atoms with Crippen molar-refractivity contribution in [1.82, 2.24) is 4.90 Å². The van der Waals surface area contributed by atoms with E-state index in [1.165, 1.54) is 0 Å². The van der Waals surface area contributed by atoms with Gasteiger partial charge in [0.15, 0.2) is 11.1 Å². The van der Waals surface area contributed by atoms with Gasteiger partial charge in [-0.3, -0.25) is 0 Å². The highest BCUT2D eigenvalue weighted by atomic mass is 32.2. The van der Waals surface area contributed by atoms with E-state index in [2.05, 4.69) is 4.90 Å². The third-order valence-electron chi connectivity index (χ3n) is 2.82. The van der Waals surface area contributed by atoms with Crippen molar-refractivity contribution < 1.29 is 18.1 Å². The lowest BCUT2D eigenvalue weighted by atomic mass is 9.79. The van der Waals surface area contributed by atoms with Gasteiger partial charge in [-0.05, 0) is 24.6 Å². The zero-order valence-corrected chi connectivity index (χ0v) is 11.1. The quantitative estimate of drug-likeness (QED) is 0.602. The highest BCUT2D eigenvalue weighted by molar-refractivity contribution is 7.79. The second-order valence-electron chi connectivity index (χ2n) is 4.20. The zero-order valence-electron chi connectivity index (χ0n) is 10.2. The summed E-state index contributed by atoms with van der Waals surface area (Å²) in [4.78, 5) is 2.49. The minimum atomic E-state index is -1.98. The predicted molar refractivity (Wildman–Crippen MR) is 70.3 cm³/mol. The molecule has 0 radical (unpaired) electrons. The average molecular weight is 269 g/mol. The molecule has 0 aromatic heterocycles. The molecule has 1 unspecified atom stereocenters. The highest BCUT2D eigenvalue weighted by Crippen LogP contribution is 2.04. The van der Waals surface area contributed by atoms with Gasteiger partial charge < -0.3 is 18.8 Å². The van der Waals surface area contributed by atoms with Crippen LogP contribution in [0, 0.1) is 0 Å². The summed E-state index contributed by atoms with van der Waals surface area (Å²) in [5.74, 6) is 0. The second-order valence-corrected chi connectivity index (χ2v) is 5.17. The molecule has 0 spiro atoms. The summed E-state index contributed by atoms with van der Waals surface area (Å²) in [5, 5.41) is 0. The first-order valence-electron chi connectivity index (χ1n) is 5.79. The molecule has 0 amide bonds. The third-order valence-corrected chi connectivity index (χ3v) is 3.47. The van der Waals surface area contributed by atoms with E-state index >= 15 is 0 Å². The summed E-state index contributed by atoms with van der Waals surface area (Å²) in [5.41, 5.74) is 0.777. The molecule has 1 fully saturated rings. The number of hydrogen-bond donors (Lipinski definition) is 1. The van der Waals surface area contributed by atoms with Gasteiger partial charge >= 0.3 is 7.12 Å². The third kappa shape index (κ3) is 3.63. The van der Waals surface area contributed by atoms with Gasteiger partial charge in [0, 0.05) is 26.3 Å². The Labute approximate surface area is 110 Å². The average Bonchev–Trinajstić information content (AvgIpc) is 2.34. The van der Waals surface area contributed by atoms with Crippen molar-refractivity contribution in [2.75, 3.05) is 33.4 Å². The van der Waals surface area contributed by atoms with E-state index in [4.69, 9.17) is 13.9 Å². The van der Waals surface area contributed by atoms with Gasteiger partial charge in [-0.15, -0.1) is 0 Å². The molecule has 1 aromatic carbocycles. The Hall–Kier alpha value is -0.725. The Morgan fingerprint density at radius 3 is 2.61 bits per heavy atom. The van der Waals surface area contributed by atoms with E-state index < -0.39 is 18.2 Å². The summed E-state index contributed by atoms with van der Waals surface area (Å²) in [7, 11) is 1.56. The van der Waals surface area contributed by atoms with Gasteiger partial charge in [-0.2, -0.15) is 0 Å². The Balaban J connectivity index is 2.10. The highest BCUT2D eigenvalue weighted by Gasteiger charge is 2.24. The number of hydrogen-bond acceptors (Lipinski definition) is 4. The van der Waals surface area contributed by atoms with Gasteiger partial charge in [-0.1, -0.05) is 12.1 Å². The van der Waals surface area contributed by atoms with Crippen molar-refractivity contribution in [2.45, 2.75) is 4.90 Å². The number of rotatable bonds is 2. The van der Waals surface area contributed by atoms with Gasteiger partial charge in [0.1, 0.15) is 0 Å². The van der Waals surface area contributed by atoms with Crippen LogP contribution >= 0.6 is 0 Å². The normalized spacial score (nSPS) is 20.2. The van der Waals surface area contributed by atoms with E-state index in [9.17, 15) is 4.21 Å². The lowest BCUT2D eigenvalue weighted by Gasteiger charge is -2.24. The first-order chi connectivity index (χ1) is 8.66. The maximum Gasteiger partial charge on any atom is 0.493 e. The molecule has 2 rings (SSSR count). The molecule has 0 saturated carbocycles. The fourth-order valence-electron chi connectivity index (χ4n) is 1.75. The van der Waals surface area contributed by atoms with Crippen LogP contribution in [0.3, 0.4) is 0 Å². The fraction of sp³-hybridized carbons (Fsp3) is 0.455. The standard InChI is InChI=1S/C11H16BNO4S/c1-13-5-7-16-12(17-8-6-13)10-3-2-4-11(9-10)18(14)15/h2-4,9H,5-8H2,1H3,(H,14,15). The molecule has 5 nitrogen and oxygen atoms in total. The molecular weight excluding hydrogens is 253 g/mol. The minimum absolute atomic E-state index is 0.360. The Bertz CT molecular complexity index is 421. The van der Waals surface area contributed by atoms with Gasteiger partial charge in [0.2, 0.25) is 0 Å². The maximum atomic E-state index is 11.0. The fourth-order valence-corrected chi connectivity index (χ4v) is 2.19. The summed E-state index contributed by atoms with van der Waals surface area (Å²) >= 11 is -1.98. The molecule has 1 aromatic rings. The molecule has 1 atom stereocenters. The molecule has 7 heteroatoms. The van der Waals surface area contributed by atoms with Crippen LogP contribution in [0.15, 0.2) is 29.2 Å². The molecule has 18 heavy (non-hydrogen) atoms. The van der Waals surface area contributed by atoms with Crippen molar-refractivity contribution in [2.24, 2.45) is 0 Å². The Morgan fingerprint density at radius 2 is 2.00 bits per heavy atom. The Morgan fingerprint density at radius 1 is 1.33 bits per heavy atom. The molecule has 0 aliphatic carbocycles. The lowest BCUT2D eigenvalue weighted by molar-refractivity contribution is 0.132. The smallest absolute Gasteiger partial charge is 0.406 e. The van der Waals surface area contributed by atoms with E-state index in [1.807, 2.05) is 13.1 Å². The van der Waals surface area contributed by atoms with E-state index in [0.717, 1.165) is 18.6 Å². The molecule has 1 aliphatic rings. The van der Waals surface area contributed by atoms with Crippen LogP contribution in [0.1, 0.15) is 0 Å². The van der Waals surface area contributed by atoms with Crippen LogP contribution in [-0.4, -0.2) is 54.1 Å². The largest absolute Gasteiger partial charge is 0.493 e. The monoisotopic (exact) mass is 269 g/mol. The molecule has 1 saturated heterocycles. The van der Waals surface area contributed by atoms with E-state index in [1.54, 1.807) is 18.2 Å².